The number of amides is 3. The standard InChI is InChI=1S/C23H28FN3O2/c1-3-25-23(29)27-15-19(22(28)26-14-17-7-5-4-6-8-17)10-12-21(27)18-9-11-20(24)16(2)13-18/h4-9,11,13,19,21H,3,10,12,14-15H2,1-2H3,(H,25,29)(H,26,28). The van der Waals surface area contributed by atoms with Crippen LogP contribution in [0.1, 0.15) is 42.5 Å². The minimum absolute atomic E-state index is 0.0445. The molecule has 154 valence electrons. The number of halogens is 1. The number of rotatable bonds is 5. The molecule has 0 aromatic heterocycles. The average molecular weight is 397 g/mol. The van der Waals surface area contributed by atoms with E-state index in [4.69, 9.17) is 0 Å². The molecule has 3 rings (SSSR count). The molecule has 2 N–H and O–H groups in total. The lowest BCUT2D eigenvalue weighted by Crippen LogP contribution is -2.50. The molecule has 0 bridgehead atoms. The van der Waals surface area contributed by atoms with Crippen LogP contribution in [-0.4, -0.2) is 29.9 Å². The molecule has 2 aromatic rings. The van der Waals surface area contributed by atoms with Crippen LogP contribution in [0.4, 0.5) is 9.18 Å². The minimum atomic E-state index is -0.265. The smallest absolute Gasteiger partial charge is 0.317 e. The molecule has 0 spiro atoms. The van der Waals surface area contributed by atoms with E-state index in [1.807, 2.05) is 37.3 Å². The molecule has 1 heterocycles. The van der Waals surface area contributed by atoms with Gasteiger partial charge in [0.05, 0.1) is 12.0 Å². The number of benzene rings is 2. The van der Waals surface area contributed by atoms with E-state index in [1.54, 1.807) is 24.0 Å². The molecular weight excluding hydrogens is 369 g/mol. The number of urea groups is 1. The van der Waals surface area contributed by atoms with E-state index in [-0.39, 0.29) is 29.7 Å². The van der Waals surface area contributed by atoms with Gasteiger partial charge in [0.25, 0.3) is 0 Å². The van der Waals surface area contributed by atoms with Crippen molar-refractivity contribution in [1.29, 1.82) is 0 Å². The summed E-state index contributed by atoms with van der Waals surface area (Å²) in [7, 11) is 0. The SMILES string of the molecule is CCNC(=O)N1CC(C(=O)NCc2ccccc2)CCC1c1ccc(F)c(C)c1. The fraction of sp³-hybridized carbons (Fsp3) is 0.391. The van der Waals surface area contributed by atoms with Gasteiger partial charge in [-0.15, -0.1) is 0 Å². The predicted octanol–water partition coefficient (Wildman–Crippen LogP) is 3.93. The summed E-state index contributed by atoms with van der Waals surface area (Å²) in [6.07, 6.45) is 1.34. The Hall–Kier alpha value is -2.89. The number of aryl methyl sites for hydroxylation is 1. The number of piperidine rings is 1. The van der Waals surface area contributed by atoms with Gasteiger partial charge in [-0.2, -0.15) is 0 Å². The summed E-state index contributed by atoms with van der Waals surface area (Å²) >= 11 is 0. The molecule has 5 nitrogen and oxygen atoms in total. The quantitative estimate of drug-likeness (QED) is 0.803. The lowest BCUT2D eigenvalue weighted by molar-refractivity contribution is -0.126. The maximum atomic E-state index is 13.7. The van der Waals surface area contributed by atoms with Crippen LogP contribution in [0.5, 0.6) is 0 Å². The second kappa shape index (κ2) is 9.54. The predicted molar refractivity (Wildman–Crippen MR) is 111 cm³/mol. The highest BCUT2D eigenvalue weighted by molar-refractivity contribution is 5.81. The fourth-order valence-corrected chi connectivity index (χ4v) is 3.81. The largest absolute Gasteiger partial charge is 0.352 e. The van der Waals surface area contributed by atoms with E-state index >= 15 is 0 Å². The first-order valence-corrected chi connectivity index (χ1v) is 10.1. The Morgan fingerprint density at radius 3 is 2.55 bits per heavy atom. The summed E-state index contributed by atoms with van der Waals surface area (Å²) in [5.74, 6) is -0.566. The second-order valence-corrected chi connectivity index (χ2v) is 7.49. The van der Waals surface area contributed by atoms with Crippen molar-refractivity contribution >= 4 is 11.9 Å². The van der Waals surface area contributed by atoms with E-state index in [9.17, 15) is 14.0 Å². The fourth-order valence-electron chi connectivity index (χ4n) is 3.81. The number of likely N-dealkylation sites (tertiary alicyclic amines) is 1. The highest BCUT2D eigenvalue weighted by Gasteiger charge is 2.35. The summed E-state index contributed by atoms with van der Waals surface area (Å²) < 4.78 is 13.7. The van der Waals surface area contributed by atoms with Crippen molar-refractivity contribution in [1.82, 2.24) is 15.5 Å². The minimum Gasteiger partial charge on any atom is -0.352 e. The highest BCUT2D eigenvalue weighted by Crippen LogP contribution is 2.34. The van der Waals surface area contributed by atoms with Gasteiger partial charge in [0.2, 0.25) is 5.91 Å². The van der Waals surface area contributed by atoms with Gasteiger partial charge in [-0.3, -0.25) is 4.79 Å². The molecule has 29 heavy (non-hydrogen) atoms. The van der Waals surface area contributed by atoms with Crippen molar-refractivity contribution in [3.05, 3.63) is 71.0 Å². The molecule has 2 aromatic carbocycles. The van der Waals surface area contributed by atoms with Gasteiger partial charge in [0.1, 0.15) is 5.82 Å². The van der Waals surface area contributed by atoms with Crippen LogP contribution in [0.15, 0.2) is 48.5 Å². The zero-order chi connectivity index (χ0) is 20.8. The Bertz CT molecular complexity index is 856. The molecule has 6 heteroatoms. The monoisotopic (exact) mass is 397 g/mol. The third-order valence-corrected chi connectivity index (χ3v) is 5.42. The average Bonchev–Trinajstić information content (AvgIpc) is 2.74. The maximum absolute atomic E-state index is 13.7. The van der Waals surface area contributed by atoms with Crippen LogP contribution in [0, 0.1) is 18.7 Å². The Balaban J connectivity index is 1.71. The van der Waals surface area contributed by atoms with Gasteiger partial charge in [0.15, 0.2) is 0 Å². The van der Waals surface area contributed by atoms with Gasteiger partial charge in [-0.1, -0.05) is 42.5 Å². The van der Waals surface area contributed by atoms with Crippen LogP contribution in [0.25, 0.3) is 0 Å². The number of carbonyl (C=O) groups is 2. The third-order valence-electron chi connectivity index (χ3n) is 5.42. The molecule has 2 atom stereocenters. The van der Waals surface area contributed by atoms with Gasteiger partial charge in [0, 0.05) is 19.6 Å². The molecule has 1 aliphatic rings. The summed E-state index contributed by atoms with van der Waals surface area (Å²) in [5.41, 5.74) is 2.50. The molecule has 1 aliphatic heterocycles. The number of nitrogens with one attached hydrogen (secondary N) is 2. The first-order chi connectivity index (χ1) is 14.0. The van der Waals surface area contributed by atoms with Crippen molar-refractivity contribution < 1.29 is 14.0 Å². The van der Waals surface area contributed by atoms with E-state index in [2.05, 4.69) is 10.6 Å². The van der Waals surface area contributed by atoms with E-state index < -0.39 is 0 Å². The molecule has 3 amide bonds. The zero-order valence-electron chi connectivity index (χ0n) is 17.0. The molecule has 0 radical (unpaired) electrons. The van der Waals surface area contributed by atoms with Crippen LogP contribution in [-0.2, 0) is 11.3 Å². The van der Waals surface area contributed by atoms with E-state index in [1.165, 1.54) is 6.07 Å². The second-order valence-electron chi connectivity index (χ2n) is 7.49. The highest BCUT2D eigenvalue weighted by atomic mass is 19.1. The number of hydrogen-bond donors (Lipinski definition) is 2. The van der Waals surface area contributed by atoms with Gasteiger partial charge in [-0.25, -0.2) is 9.18 Å². The Morgan fingerprint density at radius 1 is 1.10 bits per heavy atom. The van der Waals surface area contributed by atoms with Crippen molar-refractivity contribution in [2.75, 3.05) is 13.1 Å². The van der Waals surface area contributed by atoms with Crippen LogP contribution < -0.4 is 10.6 Å². The molecule has 0 aliphatic carbocycles. The van der Waals surface area contributed by atoms with Gasteiger partial charge in [-0.05, 0) is 49.4 Å². The normalized spacial score (nSPS) is 18.9. The van der Waals surface area contributed by atoms with Crippen LogP contribution >= 0.6 is 0 Å². The summed E-state index contributed by atoms with van der Waals surface area (Å²) in [5, 5.41) is 5.82. The summed E-state index contributed by atoms with van der Waals surface area (Å²) in [6.45, 7) is 4.90. The Labute approximate surface area is 171 Å². The van der Waals surface area contributed by atoms with Crippen LogP contribution in [0.3, 0.4) is 0 Å². The number of nitrogens with zero attached hydrogens (tertiary/aromatic N) is 1. The first kappa shape index (κ1) is 20.8. The summed E-state index contributed by atoms with van der Waals surface area (Å²) in [6, 6.07) is 14.4. The van der Waals surface area contributed by atoms with E-state index in [0.717, 1.165) is 11.1 Å². The molecule has 1 saturated heterocycles. The van der Waals surface area contributed by atoms with Crippen molar-refractivity contribution in [3.63, 3.8) is 0 Å². The Kier molecular flexibility index (Phi) is 6.86. The molecular formula is C23H28FN3O2. The van der Waals surface area contributed by atoms with E-state index in [0.29, 0.717) is 38.0 Å². The third kappa shape index (κ3) is 5.13. The lowest BCUT2D eigenvalue weighted by atomic mass is 9.88. The van der Waals surface area contributed by atoms with Gasteiger partial charge >= 0.3 is 6.03 Å². The first-order valence-electron chi connectivity index (χ1n) is 10.1. The number of hydrogen-bond acceptors (Lipinski definition) is 2. The molecule has 1 fully saturated rings. The summed E-state index contributed by atoms with van der Waals surface area (Å²) in [4.78, 5) is 27.1. The zero-order valence-corrected chi connectivity index (χ0v) is 17.0. The lowest BCUT2D eigenvalue weighted by Gasteiger charge is -2.39. The van der Waals surface area contributed by atoms with Crippen LogP contribution in [0.2, 0.25) is 0 Å². The van der Waals surface area contributed by atoms with Gasteiger partial charge < -0.3 is 15.5 Å². The Morgan fingerprint density at radius 2 is 1.86 bits per heavy atom. The van der Waals surface area contributed by atoms with Crippen molar-refractivity contribution in [2.45, 2.75) is 39.3 Å². The topological polar surface area (TPSA) is 61.4 Å². The van der Waals surface area contributed by atoms with Crippen molar-refractivity contribution in [3.8, 4) is 0 Å². The van der Waals surface area contributed by atoms with Crippen molar-refractivity contribution in [2.24, 2.45) is 5.92 Å². The molecule has 2 unspecified atom stereocenters. The number of carbonyl (C=O) groups excluding carboxylic acids is 2. The molecule has 0 saturated carbocycles. The maximum Gasteiger partial charge on any atom is 0.317 e.